The van der Waals surface area contributed by atoms with Crippen LogP contribution in [-0.2, 0) is 0 Å². The van der Waals surface area contributed by atoms with Crippen molar-refractivity contribution >= 4 is 0 Å². The van der Waals surface area contributed by atoms with Crippen LogP contribution in [0.5, 0.6) is 5.75 Å². The molecular formula is C16H24O3. The fourth-order valence-electron chi connectivity index (χ4n) is 2.87. The molecular weight excluding hydrogens is 240 g/mol. The van der Waals surface area contributed by atoms with Crippen LogP contribution < -0.4 is 4.74 Å². The number of benzene rings is 1. The Balaban J connectivity index is 2.17. The summed E-state index contributed by atoms with van der Waals surface area (Å²) in [5.41, 5.74) is -0.239. The molecule has 2 N–H and O–H groups in total. The molecule has 1 aliphatic rings. The third-order valence-corrected chi connectivity index (χ3v) is 3.96. The SMILES string of the molecule is CCOc1cccc(C(O)C2(O)CCCCCC2)c1. The minimum absolute atomic E-state index is 0.601. The van der Waals surface area contributed by atoms with E-state index in [4.69, 9.17) is 4.74 Å². The minimum atomic E-state index is -0.985. The first kappa shape index (κ1) is 14.4. The van der Waals surface area contributed by atoms with Crippen molar-refractivity contribution in [1.82, 2.24) is 0 Å². The first-order valence-corrected chi connectivity index (χ1v) is 7.29. The molecule has 0 heterocycles. The van der Waals surface area contributed by atoms with E-state index in [1.807, 2.05) is 31.2 Å². The van der Waals surface area contributed by atoms with Crippen molar-refractivity contribution in [3.05, 3.63) is 29.8 Å². The smallest absolute Gasteiger partial charge is 0.119 e. The zero-order valence-electron chi connectivity index (χ0n) is 11.6. The molecule has 0 amide bonds. The molecule has 1 aromatic rings. The molecule has 2 rings (SSSR count). The number of aliphatic hydroxyl groups excluding tert-OH is 1. The maximum atomic E-state index is 10.7. The predicted molar refractivity (Wildman–Crippen MR) is 75.2 cm³/mol. The van der Waals surface area contributed by atoms with Crippen LogP contribution in [0.4, 0.5) is 0 Å². The normalized spacial score (nSPS) is 20.6. The van der Waals surface area contributed by atoms with Crippen LogP contribution in [0.15, 0.2) is 24.3 Å². The van der Waals surface area contributed by atoms with E-state index in [2.05, 4.69) is 0 Å². The van der Waals surface area contributed by atoms with Crippen LogP contribution in [0, 0.1) is 0 Å². The van der Waals surface area contributed by atoms with Gasteiger partial charge in [0.2, 0.25) is 0 Å². The summed E-state index contributed by atoms with van der Waals surface area (Å²) in [6.45, 7) is 2.53. The fraction of sp³-hybridized carbons (Fsp3) is 0.625. The zero-order valence-corrected chi connectivity index (χ0v) is 11.6. The summed E-state index contributed by atoms with van der Waals surface area (Å²) in [5, 5.41) is 21.2. The summed E-state index contributed by atoms with van der Waals surface area (Å²) >= 11 is 0. The lowest BCUT2D eigenvalue weighted by molar-refractivity contribution is -0.0867. The quantitative estimate of drug-likeness (QED) is 0.821. The van der Waals surface area contributed by atoms with E-state index in [0.29, 0.717) is 19.4 Å². The predicted octanol–water partition coefficient (Wildman–Crippen LogP) is 3.20. The Morgan fingerprint density at radius 1 is 1.21 bits per heavy atom. The topological polar surface area (TPSA) is 49.7 Å². The van der Waals surface area contributed by atoms with Gasteiger partial charge in [0.05, 0.1) is 12.2 Å². The molecule has 0 aliphatic heterocycles. The lowest BCUT2D eigenvalue weighted by Crippen LogP contribution is -2.35. The molecule has 0 spiro atoms. The van der Waals surface area contributed by atoms with E-state index in [1.165, 1.54) is 0 Å². The number of hydrogen-bond acceptors (Lipinski definition) is 3. The van der Waals surface area contributed by atoms with Gasteiger partial charge in [0, 0.05) is 0 Å². The Kier molecular flexibility index (Phi) is 4.83. The summed E-state index contributed by atoms with van der Waals surface area (Å²) in [6.07, 6.45) is 4.78. The molecule has 3 heteroatoms. The van der Waals surface area contributed by atoms with E-state index >= 15 is 0 Å². The van der Waals surface area contributed by atoms with Crippen LogP contribution in [0.3, 0.4) is 0 Å². The third-order valence-electron chi connectivity index (χ3n) is 3.96. The monoisotopic (exact) mass is 264 g/mol. The van der Waals surface area contributed by atoms with Gasteiger partial charge < -0.3 is 14.9 Å². The highest BCUT2D eigenvalue weighted by Gasteiger charge is 2.36. The summed E-state index contributed by atoms with van der Waals surface area (Å²) in [5.74, 6) is 0.747. The van der Waals surface area contributed by atoms with Gasteiger partial charge in [0.1, 0.15) is 11.9 Å². The Labute approximate surface area is 115 Å². The van der Waals surface area contributed by atoms with Gasteiger partial charge in [-0.3, -0.25) is 0 Å². The fourth-order valence-corrected chi connectivity index (χ4v) is 2.87. The highest BCUT2D eigenvalue weighted by Crippen LogP contribution is 2.38. The number of rotatable bonds is 4. The van der Waals surface area contributed by atoms with Gasteiger partial charge in [-0.05, 0) is 37.5 Å². The number of aliphatic hydroxyl groups is 2. The average molecular weight is 264 g/mol. The van der Waals surface area contributed by atoms with Crippen LogP contribution in [0.25, 0.3) is 0 Å². The van der Waals surface area contributed by atoms with Gasteiger partial charge in [-0.15, -0.1) is 0 Å². The van der Waals surface area contributed by atoms with Crippen molar-refractivity contribution in [3.8, 4) is 5.75 Å². The van der Waals surface area contributed by atoms with Crippen molar-refractivity contribution in [2.75, 3.05) is 6.61 Å². The van der Waals surface area contributed by atoms with Crippen LogP contribution in [0.2, 0.25) is 0 Å². The first-order valence-electron chi connectivity index (χ1n) is 7.29. The second kappa shape index (κ2) is 6.40. The summed E-state index contributed by atoms with van der Waals surface area (Å²) in [6, 6.07) is 7.42. The maximum Gasteiger partial charge on any atom is 0.119 e. The van der Waals surface area contributed by atoms with Gasteiger partial charge in [-0.2, -0.15) is 0 Å². The zero-order chi connectivity index (χ0) is 13.7. The van der Waals surface area contributed by atoms with Crippen molar-refractivity contribution in [1.29, 1.82) is 0 Å². The second-order valence-electron chi connectivity index (χ2n) is 5.43. The van der Waals surface area contributed by atoms with Crippen LogP contribution >= 0.6 is 0 Å². The molecule has 0 aromatic heterocycles. The molecule has 1 aromatic carbocycles. The molecule has 0 bridgehead atoms. The van der Waals surface area contributed by atoms with Crippen molar-refractivity contribution < 1.29 is 14.9 Å². The lowest BCUT2D eigenvalue weighted by atomic mass is 9.84. The van der Waals surface area contributed by atoms with E-state index in [9.17, 15) is 10.2 Å². The van der Waals surface area contributed by atoms with Crippen molar-refractivity contribution in [2.45, 2.75) is 57.2 Å². The Morgan fingerprint density at radius 3 is 2.53 bits per heavy atom. The van der Waals surface area contributed by atoms with Gasteiger partial charge >= 0.3 is 0 Å². The highest BCUT2D eigenvalue weighted by atomic mass is 16.5. The standard InChI is InChI=1S/C16H24O3/c1-2-19-14-9-7-8-13(12-14)15(17)16(18)10-5-3-4-6-11-16/h7-9,12,15,17-18H,2-6,10-11H2,1H3. The molecule has 3 nitrogen and oxygen atoms in total. The summed E-state index contributed by atoms with van der Waals surface area (Å²) < 4.78 is 5.45. The molecule has 19 heavy (non-hydrogen) atoms. The molecule has 1 unspecified atom stereocenters. The van der Waals surface area contributed by atoms with E-state index in [0.717, 1.165) is 37.0 Å². The summed E-state index contributed by atoms with van der Waals surface area (Å²) in [4.78, 5) is 0. The van der Waals surface area contributed by atoms with E-state index in [-0.39, 0.29) is 0 Å². The molecule has 106 valence electrons. The van der Waals surface area contributed by atoms with Gasteiger partial charge in [-0.25, -0.2) is 0 Å². The highest BCUT2D eigenvalue weighted by molar-refractivity contribution is 5.31. The van der Waals surface area contributed by atoms with E-state index < -0.39 is 11.7 Å². The largest absolute Gasteiger partial charge is 0.494 e. The maximum absolute atomic E-state index is 10.7. The number of ether oxygens (including phenoxy) is 1. The van der Waals surface area contributed by atoms with Crippen molar-refractivity contribution in [2.24, 2.45) is 0 Å². The van der Waals surface area contributed by atoms with Gasteiger partial charge in [-0.1, -0.05) is 37.8 Å². The van der Waals surface area contributed by atoms with Gasteiger partial charge in [0.15, 0.2) is 0 Å². The minimum Gasteiger partial charge on any atom is -0.494 e. The number of hydrogen-bond donors (Lipinski definition) is 2. The van der Waals surface area contributed by atoms with Crippen LogP contribution in [-0.4, -0.2) is 22.4 Å². The Morgan fingerprint density at radius 2 is 1.89 bits per heavy atom. The van der Waals surface area contributed by atoms with Crippen LogP contribution in [0.1, 0.15) is 57.1 Å². The molecule has 1 aliphatic carbocycles. The van der Waals surface area contributed by atoms with Gasteiger partial charge in [0.25, 0.3) is 0 Å². The average Bonchev–Trinajstić information content (AvgIpc) is 2.64. The van der Waals surface area contributed by atoms with Crippen molar-refractivity contribution in [3.63, 3.8) is 0 Å². The first-order chi connectivity index (χ1) is 9.15. The molecule has 0 saturated heterocycles. The molecule has 1 atom stereocenters. The lowest BCUT2D eigenvalue weighted by Gasteiger charge is -2.32. The summed E-state index contributed by atoms with van der Waals surface area (Å²) in [7, 11) is 0. The molecule has 1 fully saturated rings. The molecule has 1 saturated carbocycles. The molecule has 0 radical (unpaired) electrons. The Bertz CT molecular complexity index is 395. The van der Waals surface area contributed by atoms with E-state index in [1.54, 1.807) is 0 Å². The third kappa shape index (κ3) is 3.48. The Hall–Kier alpha value is -1.06. The second-order valence-corrected chi connectivity index (χ2v) is 5.43.